The number of carbonyl (C=O) groups excluding carboxylic acids is 1. The molecule has 0 aliphatic heterocycles. The fourth-order valence-electron chi connectivity index (χ4n) is 1.55. The van der Waals surface area contributed by atoms with E-state index in [-0.39, 0.29) is 12.8 Å². The van der Waals surface area contributed by atoms with Gasteiger partial charge in [-0.15, -0.1) is 0 Å². The molecule has 1 amide bonds. The molecule has 1 aliphatic carbocycles. The van der Waals surface area contributed by atoms with Crippen molar-refractivity contribution in [2.75, 3.05) is 6.67 Å². The number of carbonyl (C=O) groups is 1. The van der Waals surface area contributed by atoms with Crippen molar-refractivity contribution in [1.29, 1.82) is 0 Å². The first-order chi connectivity index (χ1) is 6.08. The highest BCUT2D eigenvalue weighted by molar-refractivity contribution is 5.85. The average Bonchev–Trinajstić information content (AvgIpc) is 2.53. The standard InChI is InChI=1S/C9H15F2NO/c1-7(6-10)12-8(13)9(11)4-2-3-5-9/h7H,2-6H2,1H3,(H,12,13). The Kier molecular flexibility index (Phi) is 3.22. The van der Waals surface area contributed by atoms with Crippen LogP contribution in [0.4, 0.5) is 8.78 Å². The zero-order chi connectivity index (χ0) is 9.90. The Morgan fingerprint density at radius 1 is 1.54 bits per heavy atom. The lowest BCUT2D eigenvalue weighted by Gasteiger charge is -2.20. The number of hydrogen-bond acceptors (Lipinski definition) is 1. The SMILES string of the molecule is CC(CF)NC(=O)C1(F)CCCC1. The maximum atomic E-state index is 13.7. The number of hydrogen-bond donors (Lipinski definition) is 1. The number of amides is 1. The first-order valence-electron chi connectivity index (χ1n) is 4.64. The normalized spacial score (nSPS) is 22.7. The Morgan fingerprint density at radius 3 is 2.54 bits per heavy atom. The number of rotatable bonds is 3. The lowest BCUT2D eigenvalue weighted by atomic mass is 10.0. The van der Waals surface area contributed by atoms with Crippen LogP contribution in [0.5, 0.6) is 0 Å². The molecule has 0 heterocycles. The molecule has 13 heavy (non-hydrogen) atoms. The fraction of sp³-hybridized carbons (Fsp3) is 0.889. The molecule has 1 unspecified atom stereocenters. The summed E-state index contributed by atoms with van der Waals surface area (Å²) in [5, 5.41) is 2.32. The summed E-state index contributed by atoms with van der Waals surface area (Å²) >= 11 is 0. The second-order valence-corrected chi connectivity index (χ2v) is 3.70. The van der Waals surface area contributed by atoms with Crippen molar-refractivity contribution in [3.8, 4) is 0 Å². The Hall–Kier alpha value is -0.670. The van der Waals surface area contributed by atoms with Gasteiger partial charge in [0.2, 0.25) is 0 Å². The van der Waals surface area contributed by atoms with E-state index in [0.29, 0.717) is 0 Å². The molecule has 1 atom stereocenters. The lowest BCUT2D eigenvalue weighted by Crippen LogP contribution is -2.45. The molecule has 0 aromatic carbocycles. The molecule has 0 aromatic rings. The summed E-state index contributed by atoms with van der Waals surface area (Å²) in [5.74, 6) is -0.643. The first-order valence-corrected chi connectivity index (χ1v) is 4.64. The Labute approximate surface area is 76.7 Å². The van der Waals surface area contributed by atoms with E-state index in [0.717, 1.165) is 12.8 Å². The van der Waals surface area contributed by atoms with Crippen molar-refractivity contribution in [2.45, 2.75) is 44.3 Å². The highest BCUT2D eigenvalue weighted by Gasteiger charge is 2.41. The summed E-state index contributed by atoms with van der Waals surface area (Å²) in [4.78, 5) is 11.3. The molecule has 0 saturated heterocycles. The van der Waals surface area contributed by atoms with E-state index in [9.17, 15) is 13.6 Å². The zero-order valence-corrected chi connectivity index (χ0v) is 7.78. The maximum Gasteiger partial charge on any atom is 0.257 e. The van der Waals surface area contributed by atoms with Crippen molar-refractivity contribution in [1.82, 2.24) is 5.32 Å². The molecule has 76 valence electrons. The van der Waals surface area contributed by atoms with Crippen molar-refractivity contribution < 1.29 is 13.6 Å². The monoisotopic (exact) mass is 191 g/mol. The topological polar surface area (TPSA) is 29.1 Å². The molecule has 0 spiro atoms. The van der Waals surface area contributed by atoms with Crippen LogP contribution in [0.1, 0.15) is 32.6 Å². The highest BCUT2D eigenvalue weighted by atomic mass is 19.1. The summed E-state index contributed by atoms with van der Waals surface area (Å²) in [6.07, 6.45) is 2.04. The quantitative estimate of drug-likeness (QED) is 0.723. The van der Waals surface area contributed by atoms with Gasteiger partial charge in [0.1, 0.15) is 6.67 Å². The van der Waals surface area contributed by atoms with Crippen molar-refractivity contribution >= 4 is 5.91 Å². The van der Waals surface area contributed by atoms with Crippen LogP contribution in [0.2, 0.25) is 0 Å². The van der Waals surface area contributed by atoms with Gasteiger partial charge in [-0.05, 0) is 32.6 Å². The van der Waals surface area contributed by atoms with Gasteiger partial charge in [0.25, 0.3) is 5.91 Å². The van der Waals surface area contributed by atoms with E-state index in [4.69, 9.17) is 0 Å². The van der Waals surface area contributed by atoms with Gasteiger partial charge in [0.05, 0.1) is 6.04 Å². The van der Waals surface area contributed by atoms with E-state index in [1.165, 1.54) is 6.92 Å². The van der Waals surface area contributed by atoms with Gasteiger partial charge in [-0.1, -0.05) is 0 Å². The minimum absolute atomic E-state index is 0.276. The second kappa shape index (κ2) is 4.03. The predicted octanol–water partition coefficient (Wildman–Crippen LogP) is 1.74. The predicted molar refractivity (Wildman–Crippen MR) is 45.9 cm³/mol. The van der Waals surface area contributed by atoms with Crippen molar-refractivity contribution in [2.24, 2.45) is 0 Å². The number of halogens is 2. The van der Waals surface area contributed by atoms with Crippen LogP contribution in [-0.2, 0) is 4.79 Å². The van der Waals surface area contributed by atoms with Crippen LogP contribution in [-0.4, -0.2) is 24.3 Å². The van der Waals surface area contributed by atoms with E-state index in [1.54, 1.807) is 0 Å². The van der Waals surface area contributed by atoms with Crippen LogP contribution >= 0.6 is 0 Å². The molecule has 1 aliphatic rings. The van der Waals surface area contributed by atoms with Gasteiger partial charge < -0.3 is 5.32 Å². The van der Waals surface area contributed by atoms with Crippen LogP contribution in [0.15, 0.2) is 0 Å². The summed E-state index contributed by atoms with van der Waals surface area (Å²) in [6.45, 7) is 0.873. The Morgan fingerprint density at radius 2 is 2.08 bits per heavy atom. The van der Waals surface area contributed by atoms with Gasteiger partial charge in [0, 0.05) is 0 Å². The van der Waals surface area contributed by atoms with Gasteiger partial charge in [-0.2, -0.15) is 0 Å². The van der Waals surface area contributed by atoms with Gasteiger partial charge in [-0.25, -0.2) is 8.78 Å². The summed E-state index contributed by atoms with van der Waals surface area (Å²) in [5.41, 5.74) is -1.73. The summed E-state index contributed by atoms with van der Waals surface area (Å²) in [7, 11) is 0. The van der Waals surface area contributed by atoms with E-state index < -0.39 is 24.3 Å². The molecule has 1 rings (SSSR count). The van der Waals surface area contributed by atoms with Gasteiger partial charge in [0.15, 0.2) is 5.67 Å². The average molecular weight is 191 g/mol. The minimum atomic E-state index is -1.73. The summed E-state index contributed by atoms with van der Waals surface area (Å²) < 4.78 is 25.7. The van der Waals surface area contributed by atoms with Crippen LogP contribution in [0.25, 0.3) is 0 Å². The third-order valence-corrected chi connectivity index (χ3v) is 2.41. The molecule has 1 N–H and O–H groups in total. The Bertz CT molecular complexity index is 190. The lowest BCUT2D eigenvalue weighted by molar-refractivity contribution is -0.133. The molecule has 0 radical (unpaired) electrons. The largest absolute Gasteiger partial charge is 0.348 e. The molecule has 4 heteroatoms. The van der Waals surface area contributed by atoms with Crippen molar-refractivity contribution in [3.05, 3.63) is 0 Å². The van der Waals surface area contributed by atoms with Crippen LogP contribution < -0.4 is 5.32 Å². The third kappa shape index (κ3) is 2.39. The van der Waals surface area contributed by atoms with E-state index in [1.807, 2.05) is 0 Å². The fourth-order valence-corrected chi connectivity index (χ4v) is 1.55. The highest BCUT2D eigenvalue weighted by Crippen LogP contribution is 2.33. The smallest absolute Gasteiger partial charge is 0.257 e. The zero-order valence-electron chi connectivity index (χ0n) is 7.78. The maximum absolute atomic E-state index is 13.7. The molecule has 0 bridgehead atoms. The molecule has 1 saturated carbocycles. The first kappa shape index (κ1) is 10.4. The van der Waals surface area contributed by atoms with E-state index in [2.05, 4.69) is 5.32 Å². The van der Waals surface area contributed by atoms with Crippen LogP contribution in [0.3, 0.4) is 0 Å². The van der Waals surface area contributed by atoms with Crippen LogP contribution in [0, 0.1) is 0 Å². The number of nitrogens with one attached hydrogen (secondary N) is 1. The second-order valence-electron chi connectivity index (χ2n) is 3.70. The molecule has 1 fully saturated rings. The molecular formula is C9H15F2NO. The van der Waals surface area contributed by atoms with Gasteiger partial charge >= 0.3 is 0 Å². The van der Waals surface area contributed by atoms with Crippen molar-refractivity contribution in [3.63, 3.8) is 0 Å². The van der Waals surface area contributed by atoms with Gasteiger partial charge in [-0.3, -0.25) is 4.79 Å². The molecule has 0 aromatic heterocycles. The molecule has 2 nitrogen and oxygen atoms in total. The molecular weight excluding hydrogens is 176 g/mol. The minimum Gasteiger partial charge on any atom is -0.348 e. The Balaban J connectivity index is 2.46. The third-order valence-electron chi connectivity index (χ3n) is 2.41. The number of alkyl halides is 2. The van der Waals surface area contributed by atoms with E-state index >= 15 is 0 Å². The summed E-state index contributed by atoms with van der Waals surface area (Å²) in [6, 6.07) is -0.583.